The van der Waals surface area contributed by atoms with Gasteiger partial charge in [-0.1, -0.05) is 43.3 Å². The monoisotopic (exact) mass is 573 g/mol. The zero-order chi connectivity index (χ0) is 28.1. The lowest BCUT2D eigenvalue weighted by Crippen LogP contribution is -2.36. The minimum Gasteiger partial charge on any atom is -0.484 e. The number of halogens is 4. The van der Waals surface area contributed by atoms with E-state index in [9.17, 15) is 31.2 Å². The van der Waals surface area contributed by atoms with Crippen LogP contribution in [0.5, 0.6) is 0 Å². The highest BCUT2D eigenvalue weighted by molar-refractivity contribution is 7.91. The predicted molar refractivity (Wildman–Crippen MR) is 138 cm³/mol. The maximum atomic E-state index is 13.0. The molecule has 0 aliphatic heterocycles. The maximum absolute atomic E-state index is 13.0. The van der Waals surface area contributed by atoms with Crippen molar-refractivity contribution in [1.29, 1.82) is 0 Å². The van der Waals surface area contributed by atoms with Crippen LogP contribution in [0.3, 0.4) is 0 Å². The summed E-state index contributed by atoms with van der Waals surface area (Å²) < 4.78 is 71.3. The molecule has 0 spiro atoms. The number of hydrogen-bond donors (Lipinski definition) is 2. The van der Waals surface area contributed by atoms with Crippen LogP contribution in [0.15, 0.2) is 70.7 Å². The molecule has 1 aliphatic carbocycles. The molecule has 13 heteroatoms. The zero-order valence-corrected chi connectivity index (χ0v) is 22.2. The van der Waals surface area contributed by atoms with Gasteiger partial charge in [-0.2, -0.15) is 13.2 Å². The Morgan fingerprint density at radius 1 is 1.13 bits per heavy atom. The number of nitrogens with zero attached hydrogens (tertiary/aromatic N) is 1. The van der Waals surface area contributed by atoms with Gasteiger partial charge >= 0.3 is 6.18 Å². The van der Waals surface area contributed by atoms with Crippen LogP contribution >= 0.6 is 11.6 Å². The first-order valence-corrected chi connectivity index (χ1v) is 13.6. The van der Waals surface area contributed by atoms with Gasteiger partial charge in [-0.05, 0) is 36.6 Å². The number of anilines is 1. The average molecular weight is 574 g/mol. The Labute approximate surface area is 223 Å². The lowest BCUT2D eigenvalue weighted by molar-refractivity contribution is -0.164. The number of pyridine rings is 1. The minimum absolute atomic E-state index is 0.0322. The number of nitrogens with one attached hydrogen (secondary N) is 2. The second-order valence-corrected chi connectivity index (χ2v) is 11.1. The summed E-state index contributed by atoms with van der Waals surface area (Å²) in [5.74, 6) is -1.28. The van der Waals surface area contributed by atoms with Gasteiger partial charge in [-0.15, -0.1) is 11.6 Å². The van der Waals surface area contributed by atoms with Crippen LogP contribution in [-0.4, -0.2) is 43.6 Å². The number of benzene rings is 1. The molecule has 0 radical (unpaired) electrons. The Bertz CT molecular complexity index is 1390. The van der Waals surface area contributed by atoms with Crippen LogP contribution in [0.4, 0.5) is 18.9 Å². The topological polar surface area (TPSA) is 107 Å². The number of aromatic nitrogens is 1. The SMILES string of the molecule is Cc1ccc(NS(=O)(=O)Cc2ccccc2)c(=O)n1CC(=O)NCC1=CC(Cl)C(C)C=C1OCC(F)(F)F. The molecule has 2 unspecified atom stereocenters. The second-order valence-electron chi connectivity index (χ2n) is 8.83. The van der Waals surface area contributed by atoms with Gasteiger partial charge in [0.1, 0.15) is 18.0 Å². The number of sulfonamides is 1. The Morgan fingerprint density at radius 3 is 2.47 bits per heavy atom. The molecule has 0 saturated carbocycles. The van der Waals surface area contributed by atoms with Gasteiger partial charge in [-0.3, -0.25) is 14.3 Å². The maximum Gasteiger partial charge on any atom is 0.422 e. The van der Waals surface area contributed by atoms with Gasteiger partial charge in [0.2, 0.25) is 15.9 Å². The molecule has 3 rings (SSSR count). The number of amides is 1. The molecule has 1 aromatic heterocycles. The number of carbonyl (C=O) groups is 1. The normalized spacial score (nSPS) is 17.8. The summed E-state index contributed by atoms with van der Waals surface area (Å²) in [7, 11) is -3.91. The fourth-order valence-corrected chi connectivity index (χ4v) is 5.06. The van der Waals surface area contributed by atoms with Gasteiger partial charge in [0.25, 0.3) is 5.56 Å². The molecule has 1 amide bonds. The zero-order valence-electron chi connectivity index (χ0n) is 20.6. The highest BCUT2D eigenvalue weighted by atomic mass is 35.5. The molecule has 8 nitrogen and oxygen atoms in total. The first kappa shape index (κ1) is 29.3. The quantitative estimate of drug-likeness (QED) is 0.420. The summed E-state index contributed by atoms with van der Waals surface area (Å²) in [5.41, 5.74) is 0.255. The summed E-state index contributed by atoms with van der Waals surface area (Å²) in [6, 6.07) is 11.2. The van der Waals surface area contributed by atoms with Crippen molar-refractivity contribution in [2.24, 2.45) is 5.92 Å². The number of rotatable bonds is 10. The number of alkyl halides is 4. The van der Waals surface area contributed by atoms with Crippen LogP contribution in [0.1, 0.15) is 18.2 Å². The van der Waals surface area contributed by atoms with Crippen molar-refractivity contribution in [3.05, 3.63) is 87.6 Å². The Balaban J connectivity index is 1.69. The highest BCUT2D eigenvalue weighted by Crippen LogP contribution is 2.28. The lowest BCUT2D eigenvalue weighted by atomic mass is 9.96. The van der Waals surface area contributed by atoms with Gasteiger partial charge in [0, 0.05) is 17.8 Å². The number of allylic oxidation sites excluding steroid dienone is 2. The van der Waals surface area contributed by atoms with E-state index in [4.69, 9.17) is 16.3 Å². The van der Waals surface area contributed by atoms with E-state index >= 15 is 0 Å². The van der Waals surface area contributed by atoms with Crippen molar-refractivity contribution in [3.63, 3.8) is 0 Å². The van der Waals surface area contributed by atoms with E-state index in [2.05, 4.69) is 10.0 Å². The Morgan fingerprint density at radius 2 is 1.82 bits per heavy atom. The largest absolute Gasteiger partial charge is 0.484 e. The molecular weight excluding hydrogens is 547 g/mol. The fourth-order valence-electron chi connectivity index (χ4n) is 3.65. The van der Waals surface area contributed by atoms with Gasteiger partial charge < -0.3 is 14.6 Å². The van der Waals surface area contributed by atoms with Crippen LogP contribution in [0.25, 0.3) is 0 Å². The van der Waals surface area contributed by atoms with Crippen molar-refractivity contribution >= 4 is 33.2 Å². The van der Waals surface area contributed by atoms with Crippen molar-refractivity contribution < 1.29 is 31.1 Å². The smallest absolute Gasteiger partial charge is 0.422 e. The van der Waals surface area contributed by atoms with E-state index in [-0.39, 0.29) is 35.2 Å². The summed E-state index contributed by atoms with van der Waals surface area (Å²) in [5, 5.41) is 2.04. The fraction of sp³-hybridized carbons (Fsp3) is 0.360. The molecule has 1 heterocycles. The van der Waals surface area contributed by atoms with Crippen molar-refractivity contribution in [3.8, 4) is 0 Å². The molecule has 1 aromatic carbocycles. The molecule has 0 fully saturated rings. The third-order valence-corrected chi connectivity index (χ3v) is 7.39. The molecule has 2 atom stereocenters. The summed E-state index contributed by atoms with van der Waals surface area (Å²) in [6.07, 6.45) is -1.56. The molecule has 2 aromatic rings. The van der Waals surface area contributed by atoms with Crippen LogP contribution in [-0.2, 0) is 31.9 Å². The number of carbonyl (C=O) groups excluding carboxylic acids is 1. The van der Waals surface area contributed by atoms with E-state index in [1.165, 1.54) is 24.3 Å². The van der Waals surface area contributed by atoms with Crippen LogP contribution in [0, 0.1) is 12.8 Å². The third-order valence-electron chi connectivity index (χ3n) is 5.62. The third kappa shape index (κ3) is 8.38. The Kier molecular flexibility index (Phi) is 9.31. The molecule has 206 valence electrons. The van der Waals surface area contributed by atoms with E-state index in [0.717, 1.165) is 4.57 Å². The molecule has 0 bridgehead atoms. The van der Waals surface area contributed by atoms with Crippen molar-refractivity contribution in [2.75, 3.05) is 17.9 Å². The van der Waals surface area contributed by atoms with E-state index < -0.39 is 46.2 Å². The second kappa shape index (κ2) is 12.1. The summed E-state index contributed by atoms with van der Waals surface area (Å²) >= 11 is 6.21. The van der Waals surface area contributed by atoms with Crippen molar-refractivity contribution in [1.82, 2.24) is 9.88 Å². The van der Waals surface area contributed by atoms with Crippen molar-refractivity contribution in [2.45, 2.75) is 37.7 Å². The van der Waals surface area contributed by atoms with E-state index in [1.54, 1.807) is 44.2 Å². The van der Waals surface area contributed by atoms with Gasteiger partial charge in [0.05, 0.1) is 11.1 Å². The first-order valence-electron chi connectivity index (χ1n) is 11.5. The standard InChI is InChI=1S/C25H27ClF3N3O5S/c1-16-10-22(37-15-25(27,28)29)19(11-20(16)26)12-30-23(33)13-32-17(2)8-9-21(24(32)34)31-38(35,36)14-18-6-4-3-5-7-18/h3-11,16,20,31H,12-15H2,1-2H3,(H,30,33). The lowest BCUT2D eigenvalue weighted by Gasteiger charge is -2.24. The molecular formula is C25H27ClF3N3O5S. The molecule has 2 N–H and O–H groups in total. The number of ether oxygens (including phenoxy) is 1. The highest BCUT2D eigenvalue weighted by Gasteiger charge is 2.31. The van der Waals surface area contributed by atoms with E-state index in [1.807, 2.05) is 0 Å². The van der Waals surface area contributed by atoms with Gasteiger partial charge in [-0.25, -0.2) is 8.42 Å². The minimum atomic E-state index is -4.54. The van der Waals surface area contributed by atoms with Gasteiger partial charge in [0.15, 0.2) is 6.61 Å². The molecule has 1 aliphatic rings. The Hall–Kier alpha value is -3.25. The van der Waals surface area contributed by atoms with Crippen LogP contribution < -0.4 is 15.6 Å². The number of hydrogen-bond acceptors (Lipinski definition) is 5. The molecule has 38 heavy (non-hydrogen) atoms. The van der Waals surface area contributed by atoms with Crippen LogP contribution in [0.2, 0.25) is 0 Å². The molecule has 0 saturated heterocycles. The van der Waals surface area contributed by atoms with E-state index in [0.29, 0.717) is 11.3 Å². The average Bonchev–Trinajstić information content (AvgIpc) is 2.83. The summed E-state index contributed by atoms with van der Waals surface area (Å²) in [6.45, 7) is 1.17. The first-order chi connectivity index (χ1) is 17.7. The predicted octanol–water partition coefficient (Wildman–Crippen LogP) is 3.86. The number of aryl methyl sites for hydroxylation is 1. The summed E-state index contributed by atoms with van der Waals surface area (Å²) in [4.78, 5) is 25.6.